The van der Waals surface area contributed by atoms with E-state index in [1.54, 1.807) is 0 Å². The molecular weight excluding hydrogens is 266 g/mol. The maximum Gasteiger partial charge on any atom is 0.326 e. The number of aryl methyl sites for hydroxylation is 2. The molecule has 1 aromatic heterocycles. The highest BCUT2D eigenvalue weighted by atomic mass is 32.1. The number of hydrogen-bond acceptors (Lipinski definition) is 4. The van der Waals surface area contributed by atoms with Crippen molar-refractivity contribution < 1.29 is 19.8 Å². The molecule has 5 nitrogen and oxygen atoms in total. The average Bonchev–Trinajstić information content (AvgIpc) is 2.81. The van der Waals surface area contributed by atoms with Crippen LogP contribution in [0.2, 0.25) is 0 Å². The fourth-order valence-electron chi connectivity index (χ4n) is 2.22. The Hall–Kier alpha value is -1.40. The molecule has 0 spiro atoms. The number of hydrogen-bond donors (Lipinski definition) is 3. The molecule has 2 rings (SSSR count). The number of carboxylic acid groups (broad SMARTS) is 1. The first-order valence-corrected chi connectivity index (χ1v) is 7.19. The quantitative estimate of drug-likeness (QED) is 0.757. The highest BCUT2D eigenvalue weighted by Gasteiger charge is 2.22. The average molecular weight is 283 g/mol. The molecule has 0 fully saturated rings. The van der Waals surface area contributed by atoms with Crippen LogP contribution in [0.15, 0.2) is 6.07 Å². The predicted octanol–water partition coefficient (Wildman–Crippen LogP) is 1.19. The van der Waals surface area contributed by atoms with Crippen LogP contribution in [-0.4, -0.2) is 34.7 Å². The molecule has 3 N–H and O–H groups in total. The molecule has 1 amide bonds. The number of amides is 1. The van der Waals surface area contributed by atoms with Crippen LogP contribution < -0.4 is 5.32 Å². The lowest BCUT2D eigenvalue weighted by molar-refractivity contribution is -0.139. The molecule has 6 heteroatoms. The first-order chi connectivity index (χ1) is 9.11. The summed E-state index contributed by atoms with van der Waals surface area (Å²) in [6.07, 6.45) is 4.32. The smallest absolute Gasteiger partial charge is 0.326 e. The second-order valence-electron chi connectivity index (χ2n) is 4.64. The minimum absolute atomic E-state index is 0.0200. The summed E-state index contributed by atoms with van der Waals surface area (Å²) >= 11 is 1.45. The maximum atomic E-state index is 12.0. The third-order valence-electron chi connectivity index (χ3n) is 3.24. The monoisotopic (exact) mass is 283 g/mol. The van der Waals surface area contributed by atoms with Gasteiger partial charge in [0.2, 0.25) is 0 Å². The minimum atomic E-state index is -1.12. The third-order valence-corrected chi connectivity index (χ3v) is 4.48. The molecule has 0 radical (unpaired) electrons. The number of thiophene rings is 1. The van der Waals surface area contributed by atoms with E-state index in [-0.39, 0.29) is 18.9 Å². The molecule has 0 aromatic carbocycles. The Morgan fingerprint density at radius 2 is 2.11 bits per heavy atom. The second-order valence-corrected chi connectivity index (χ2v) is 5.78. The number of carboxylic acids is 1. The number of carbonyl (C=O) groups excluding carboxylic acids is 1. The number of rotatable bonds is 5. The van der Waals surface area contributed by atoms with Crippen LogP contribution >= 0.6 is 11.3 Å². The Balaban J connectivity index is 2.06. The summed E-state index contributed by atoms with van der Waals surface area (Å²) in [4.78, 5) is 24.7. The summed E-state index contributed by atoms with van der Waals surface area (Å²) < 4.78 is 0. The van der Waals surface area contributed by atoms with Crippen molar-refractivity contribution in [2.45, 2.75) is 38.1 Å². The van der Waals surface area contributed by atoms with Gasteiger partial charge >= 0.3 is 5.97 Å². The van der Waals surface area contributed by atoms with Crippen LogP contribution in [0, 0.1) is 0 Å². The molecule has 0 aliphatic heterocycles. The van der Waals surface area contributed by atoms with Crippen LogP contribution in [0.1, 0.15) is 39.4 Å². The van der Waals surface area contributed by atoms with E-state index in [4.69, 9.17) is 10.2 Å². The number of aliphatic carboxylic acids is 1. The van der Waals surface area contributed by atoms with E-state index in [0.717, 1.165) is 25.7 Å². The van der Waals surface area contributed by atoms with Gasteiger partial charge in [-0.05, 0) is 37.3 Å². The van der Waals surface area contributed by atoms with Crippen LogP contribution in [0.4, 0.5) is 0 Å². The molecule has 0 saturated carbocycles. The lowest BCUT2D eigenvalue weighted by atomic mass is 9.99. The van der Waals surface area contributed by atoms with Crippen molar-refractivity contribution in [2.75, 3.05) is 6.61 Å². The van der Waals surface area contributed by atoms with Crippen molar-refractivity contribution in [3.05, 3.63) is 21.4 Å². The predicted molar refractivity (Wildman–Crippen MR) is 71.6 cm³/mol. The van der Waals surface area contributed by atoms with Gasteiger partial charge in [-0.1, -0.05) is 0 Å². The standard InChI is InChI=1S/C13H17NO4S/c15-6-5-9(13(17)18)14-12(16)11-7-8-3-1-2-4-10(8)19-11/h7,9,15H,1-6H2,(H,14,16)(H,17,18)/t9-/m1/s1. The van der Waals surface area contributed by atoms with Crippen LogP contribution in [0.3, 0.4) is 0 Å². The number of fused-ring (bicyclic) bond motifs is 1. The maximum absolute atomic E-state index is 12.0. The summed E-state index contributed by atoms with van der Waals surface area (Å²) in [5.41, 5.74) is 1.22. The van der Waals surface area contributed by atoms with Crippen molar-refractivity contribution in [2.24, 2.45) is 0 Å². The van der Waals surface area contributed by atoms with Gasteiger partial charge < -0.3 is 15.5 Å². The first-order valence-electron chi connectivity index (χ1n) is 6.38. The molecule has 0 unspecified atom stereocenters. The molecule has 1 aliphatic carbocycles. The van der Waals surface area contributed by atoms with Crippen molar-refractivity contribution in [3.8, 4) is 0 Å². The number of carbonyl (C=O) groups is 2. The van der Waals surface area contributed by atoms with E-state index in [0.29, 0.717) is 4.88 Å². The highest BCUT2D eigenvalue weighted by molar-refractivity contribution is 7.14. The fourth-order valence-corrected chi connectivity index (χ4v) is 3.38. The normalized spacial score (nSPS) is 15.6. The molecule has 0 bridgehead atoms. The fraction of sp³-hybridized carbons (Fsp3) is 0.538. The minimum Gasteiger partial charge on any atom is -0.480 e. The Bertz CT molecular complexity index is 459. The topological polar surface area (TPSA) is 86.6 Å². The number of aliphatic hydroxyl groups excluding tert-OH is 1. The van der Waals surface area contributed by atoms with Crippen molar-refractivity contribution in [3.63, 3.8) is 0 Å². The molecular formula is C13H17NO4S. The van der Waals surface area contributed by atoms with E-state index >= 15 is 0 Å². The highest BCUT2D eigenvalue weighted by Crippen LogP contribution is 2.29. The zero-order valence-corrected chi connectivity index (χ0v) is 11.3. The number of nitrogens with one attached hydrogen (secondary N) is 1. The van der Waals surface area contributed by atoms with E-state index in [9.17, 15) is 9.59 Å². The molecule has 0 saturated heterocycles. The van der Waals surface area contributed by atoms with E-state index in [2.05, 4.69) is 5.32 Å². The van der Waals surface area contributed by atoms with E-state index in [1.807, 2.05) is 6.07 Å². The van der Waals surface area contributed by atoms with Crippen LogP contribution in [0.25, 0.3) is 0 Å². The molecule has 1 heterocycles. The largest absolute Gasteiger partial charge is 0.480 e. The second kappa shape index (κ2) is 6.16. The summed E-state index contributed by atoms with van der Waals surface area (Å²) in [7, 11) is 0. The zero-order valence-electron chi connectivity index (χ0n) is 10.5. The van der Waals surface area contributed by atoms with Crippen LogP contribution in [-0.2, 0) is 17.6 Å². The van der Waals surface area contributed by atoms with Gasteiger partial charge in [-0.3, -0.25) is 4.79 Å². The number of aliphatic hydroxyl groups is 1. The van der Waals surface area contributed by atoms with Gasteiger partial charge in [0.25, 0.3) is 5.91 Å². The Kier molecular flexibility index (Phi) is 4.55. The SMILES string of the molecule is O=C(N[C@H](CCO)C(=O)O)c1cc2c(s1)CCCC2. The van der Waals surface area contributed by atoms with E-state index in [1.165, 1.54) is 21.8 Å². The van der Waals surface area contributed by atoms with Gasteiger partial charge in [-0.2, -0.15) is 0 Å². The molecule has 104 valence electrons. The summed E-state index contributed by atoms with van der Waals surface area (Å²) in [5, 5.41) is 20.2. The molecule has 1 aromatic rings. The molecule has 19 heavy (non-hydrogen) atoms. The van der Waals surface area contributed by atoms with Crippen molar-refractivity contribution in [1.29, 1.82) is 0 Å². The molecule has 1 aliphatic rings. The van der Waals surface area contributed by atoms with Gasteiger partial charge in [0.1, 0.15) is 6.04 Å². The van der Waals surface area contributed by atoms with Crippen molar-refractivity contribution >= 4 is 23.2 Å². The Morgan fingerprint density at radius 1 is 1.37 bits per heavy atom. The lowest BCUT2D eigenvalue weighted by Crippen LogP contribution is -2.41. The van der Waals surface area contributed by atoms with Crippen LogP contribution in [0.5, 0.6) is 0 Å². The van der Waals surface area contributed by atoms with Crippen molar-refractivity contribution in [1.82, 2.24) is 5.32 Å². The molecule has 1 atom stereocenters. The first kappa shape index (κ1) is 14.0. The Morgan fingerprint density at radius 3 is 2.74 bits per heavy atom. The van der Waals surface area contributed by atoms with Gasteiger partial charge in [-0.15, -0.1) is 11.3 Å². The third kappa shape index (κ3) is 3.33. The van der Waals surface area contributed by atoms with Gasteiger partial charge in [0.15, 0.2) is 0 Å². The van der Waals surface area contributed by atoms with Gasteiger partial charge in [0.05, 0.1) is 4.88 Å². The summed E-state index contributed by atoms with van der Waals surface area (Å²) in [6.45, 7) is -0.266. The van der Waals surface area contributed by atoms with Gasteiger partial charge in [0, 0.05) is 17.9 Å². The zero-order chi connectivity index (χ0) is 13.8. The Labute approximate surface area is 115 Å². The summed E-state index contributed by atoms with van der Waals surface area (Å²) in [5.74, 6) is -1.48. The lowest BCUT2D eigenvalue weighted by Gasteiger charge is -2.12. The van der Waals surface area contributed by atoms with Gasteiger partial charge in [-0.25, -0.2) is 4.79 Å². The van der Waals surface area contributed by atoms with E-state index < -0.39 is 12.0 Å². The summed E-state index contributed by atoms with van der Waals surface area (Å²) in [6, 6.07) is 0.837.